The van der Waals surface area contributed by atoms with Crippen LogP contribution in [0, 0.1) is 5.92 Å². The van der Waals surface area contributed by atoms with E-state index in [2.05, 4.69) is 4.72 Å². The minimum absolute atomic E-state index is 0.00271. The zero-order valence-corrected chi connectivity index (χ0v) is 13.1. The molecular formula is C12H15Cl2NO4S. The first-order valence-corrected chi connectivity index (χ1v) is 8.16. The lowest BCUT2D eigenvalue weighted by Gasteiger charge is -2.14. The van der Waals surface area contributed by atoms with E-state index in [1.54, 1.807) is 6.92 Å². The van der Waals surface area contributed by atoms with E-state index in [-0.39, 0.29) is 33.8 Å². The first-order valence-electron chi connectivity index (χ1n) is 5.92. The molecule has 0 heterocycles. The summed E-state index contributed by atoms with van der Waals surface area (Å²) < 4.78 is 26.5. The molecule has 2 N–H and O–H groups in total. The van der Waals surface area contributed by atoms with Crippen LogP contribution in [-0.2, 0) is 14.8 Å². The quantitative estimate of drug-likeness (QED) is 0.799. The normalized spacial score (nSPS) is 13.2. The molecule has 8 heteroatoms. The Morgan fingerprint density at radius 3 is 2.50 bits per heavy atom. The van der Waals surface area contributed by atoms with Gasteiger partial charge >= 0.3 is 5.97 Å². The number of carboxylic acid groups (broad SMARTS) is 1. The third kappa shape index (κ3) is 4.94. The molecule has 0 bridgehead atoms. The number of aliphatic carboxylic acids is 1. The largest absolute Gasteiger partial charge is 0.481 e. The van der Waals surface area contributed by atoms with Crippen LogP contribution in [0.4, 0.5) is 0 Å². The fraction of sp³-hybridized carbons (Fsp3) is 0.417. The van der Waals surface area contributed by atoms with E-state index in [9.17, 15) is 13.2 Å². The Balaban J connectivity index is 2.79. The predicted octanol–water partition coefficient (Wildman–Crippen LogP) is 2.77. The highest BCUT2D eigenvalue weighted by Crippen LogP contribution is 2.24. The monoisotopic (exact) mass is 339 g/mol. The lowest BCUT2D eigenvalue weighted by atomic mass is 10.0. The second-order valence-electron chi connectivity index (χ2n) is 4.30. The van der Waals surface area contributed by atoms with Crippen LogP contribution < -0.4 is 4.72 Å². The van der Waals surface area contributed by atoms with Gasteiger partial charge in [0.25, 0.3) is 0 Å². The Kier molecular flexibility index (Phi) is 6.26. The third-order valence-electron chi connectivity index (χ3n) is 2.80. The van der Waals surface area contributed by atoms with Crippen LogP contribution in [0.1, 0.15) is 19.8 Å². The number of carboxylic acids is 1. The smallest absolute Gasteiger partial charge is 0.303 e. The van der Waals surface area contributed by atoms with Crippen molar-refractivity contribution in [1.82, 2.24) is 4.72 Å². The van der Waals surface area contributed by atoms with E-state index in [0.717, 1.165) is 0 Å². The van der Waals surface area contributed by atoms with Crippen LogP contribution in [0.25, 0.3) is 0 Å². The number of carbonyl (C=O) groups is 1. The first kappa shape index (κ1) is 17.2. The molecule has 0 radical (unpaired) electrons. The van der Waals surface area contributed by atoms with Gasteiger partial charge in [-0.25, -0.2) is 13.1 Å². The molecule has 1 unspecified atom stereocenters. The molecule has 0 aliphatic rings. The zero-order chi connectivity index (χ0) is 15.3. The number of halogens is 2. The van der Waals surface area contributed by atoms with Gasteiger partial charge in [-0.3, -0.25) is 4.79 Å². The molecule has 1 aromatic rings. The van der Waals surface area contributed by atoms with Crippen LogP contribution in [-0.4, -0.2) is 26.0 Å². The number of benzene rings is 1. The lowest BCUT2D eigenvalue weighted by Crippen LogP contribution is -2.30. The van der Waals surface area contributed by atoms with E-state index >= 15 is 0 Å². The molecule has 1 rings (SSSR count). The molecule has 0 spiro atoms. The van der Waals surface area contributed by atoms with Crippen molar-refractivity contribution in [1.29, 1.82) is 0 Å². The summed E-state index contributed by atoms with van der Waals surface area (Å²) >= 11 is 11.5. The predicted molar refractivity (Wildman–Crippen MR) is 77.7 cm³/mol. The topological polar surface area (TPSA) is 83.5 Å². The molecule has 112 valence electrons. The van der Waals surface area contributed by atoms with Gasteiger partial charge in [0.05, 0.1) is 14.9 Å². The van der Waals surface area contributed by atoms with Gasteiger partial charge in [0.1, 0.15) is 0 Å². The van der Waals surface area contributed by atoms with Gasteiger partial charge in [0.2, 0.25) is 10.0 Å². The average molecular weight is 340 g/mol. The summed E-state index contributed by atoms with van der Waals surface area (Å²) in [5.41, 5.74) is 0. The van der Waals surface area contributed by atoms with Crippen molar-refractivity contribution < 1.29 is 18.3 Å². The van der Waals surface area contributed by atoms with E-state index in [4.69, 9.17) is 28.3 Å². The molecule has 0 saturated carbocycles. The summed E-state index contributed by atoms with van der Waals surface area (Å²) in [6, 6.07) is 3.99. The first-order chi connectivity index (χ1) is 9.26. The van der Waals surface area contributed by atoms with Gasteiger partial charge in [-0.15, -0.1) is 0 Å². The molecule has 0 saturated heterocycles. The zero-order valence-electron chi connectivity index (χ0n) is 10.8. The highest BCUT2D eigenvalue weighted by molar-refractivity contribution is 7.89. The standard InChI is InChI=1S/C12H15Cl2NO4S/c1-2-8(5-12(16)17)7-15-20(18,19)9-3-4-10(13)11(14)6-9/h3-4,6,8,15H,2,5,7H2,1H3,(H,16,17). The summed E-state index contributed by atoms with van der Waals surface area (Å²) in [4.78, 5) is 10.6. The number of sulfonamides is 1. The van der Waals surface area contributed by atoms with Gasteiger partial charge in [-0.05, 0) is 24.1 Å². The fourth-order valence-corrected chi connectivity index (χ4v) is 3.07. The average Bonchev–Trinajstić information content (AvgIpc) is 2.37. The Hall–Kier alpha value is -0.820. The molecular weight excluding hydrogens is 325 g/mol. The number of hydrogen-bond acceptors (Lipinski definition) is 3. The maximum atomic E-state index is 12.0. The second kappa shape index (κ2) is 7.26. The molecule has 0 fully saturated rings. The fourth-order valence-electron chi connectivity index (χ4n) is 1.56. The van der Waals surface area contributed by atoms with E-state index in [1.165, 1.54) is 18.2 Å². The molecule has 0 amide bonds. The van der Waals surface area contributed by atoms with Gasteiger partial charge in [-0.1, -0.05) is 36.5 Å². The van der Waals surface area contributed by atoms with Gasteiger partial charge < -0.3 is 5.11 Å². The SMILES string of the molecule is CCC(CNS(=O)(=O)c1ccc(Cl)c(Cl)c1)CC(=O)O. The summed E-state index contributed by atoms with van der Waals surface area (Å²) in [6.45, 7) is 1.87. The number of rotatable bonds is 7. The van der Waals surface area contributed by atoms with Gasteiger partial charge in [-0.2, -0.15) is 0 Å². The minimum atomic E-state index is -3.73. The van der Waals surface area contributed by atoms with Crippen LogP contribution in [0.3, 0.4) is 0 Å². The lowest BCUT2D eigenvalue weighted by molar-refractivity contribution is -0.138. The molecule has 20 heavy (non-hydrogen) atoms. The maximum Gasteiger partial charge on any atom is 0.303 e. The Morgan fingerprint density at radius 1 is 1.35 bits per heavy atom. The van der Waals surface area contributed by atoms with Crippen molar-refractivity contribution in [3.8, 4) is 0 Å². The summed E-state index contributed by atoms with van der Waals surface area (Å²) in [5.74, 6) is -1.21. The van der Waals surface area contributed by atoms with E-state index in [1.807, 2.05) is 0 Å². The Morgan fingerprint density at radius 2 is 2.00 bits per heavy atom. The molecule has 5 nitrogen and oxygen atoms in total. The van der Waals surface area contributed by atoms with Crippen LogP contribution >= 0.6 is 23.2 Å². The van der Waals surface area contributed by atoms with Crippen molar-refractivity contribution in [2.45, 2.75) is 24.7 Å². The van der Waals surface area contributed by atoms with Crippen LogP contribution in [0.15, 0.2) is 23.1 Å². The number of nitrogens with one attached hydrogen (secondary N) is 1. The van der Waals surface area contributed by atoms with Gasteiger partial charge in [0.15, 0.2) is 0 Å². The van der Waals surface area contributed by atoms with Crippen molar-refractivity contribution in [3.05, 3.63) is 28.2 Å². The molecule has 1 atom stereocenters. The summed E-state index contributed by atoms with van der Waals surface area (Å²) in [5, 5.41) is 9.13. The van der Waals surface area contributed by atoms with Gasteiger partial charge in [0, 0.05) is 13.0 Å². The third-order valence-corrected chi connectivity index (χ3v) is 4.96. The minimum Gasteiger partial charge on any atom is -0.481 e. The highest BCUT2D eigenvalue weighted by atomic mass is 35.5. The molecule has 0 aliphatic carbocycles. The van der Waals surface area contributed by atoms with Crippen LogP contribution in [0.5, 0.6) is 0 Å². The molecule has 0 aromatic heterocycles. The van der Waals surface area contributed by atoms with Crippen molar-refractivity contribution in [2.24, 2.45) is 5.92 Å². The van der Waals surface area contributed by atoms with E-state index < -0.39 is 16.0 Å². The molecule has 0 aliphatic heterocycles. The molecule has 1 aromatic carbocycles. The Bertz CT molecular complexity index is 589. The maximum absolute atomic E-state index is 12.0. The summed E-state index contributed by atoms with van der Waals surface area (Å²) in [7, 11) is -3.73. The van der Waals surface area contributed by atoms with Crippen molar-refractivity contribution >= 4 is 39.2 Å². The van der Waals surface area contributed by atoms with Crippen molar-refractivity contribution in [3.63, 3.8) is 0 Å². The Labute approximate surface area is 127 Å². The van der Waals surface area contributed by atoms with E-state index in [0.29, 0.717) is 6.42 Å². The number of hydrogen-bond donors (Lipinski definition) is 2. The van der Waals surface area contributed by atoms with Crippen molar-refractivity contribution in [2.75, 3.05) is 6.54 Å². The van der Waals surface area contributed by atoms with Crippen LogP contribution in [0.2, 0.25) is 10.0 Å². The highest BCUT2D eigenvalue weighted by Gasteiger charge is 2.18. The summed E-state index contributed by atoms with van der Waals surface area (Å²) in [6.07, 6.45) is 0.483. The second-order valence-corrected chi connectivity index (χ2v) is 6.88.